The van der Waals surface area contributed by atoms with Gasteiger partial charge in [-0.1, -0.05) is 41.4 Å². The molecule has 0 unspecified atom stereocenters. The molecule has 0 saturated heterocycles. The van der Waals surface area contributed by atoms with Crippen LogP contribution < -0.4 is 10.2 Å². The quantitative estimate of drug-likeness (QED) is 0.654. The van der Waals surface area contributed by atoms with Gasteiger partial charge in [0.05, 0.1) is 12.4 Å². The van der Waals surface area contributed by atoms with Gasteiger partial charge in [-0.05, 0) is 37.3 Å². The number of para-hydroxylation sites is 1. The first-order valence-corrected chi connectivity index (χ1v) is 8.74. The van der Waals surface area contributed by atoms with Crippen molar-refractivity contribution in [2.45, 2.75) is 6.92 Å². The molecule has 0 atom stereocenters. The SMILES string of the molecule is CCN(C(=O)c1cnc(Nc2cc(Cl)cc(Cl)c2)cn1)c1ccccc1. The number of hydrogen-bond donors (Lipinski definition) is 1. The van der Waals surface area contributed by atoms with Crippen LogP contribution in [0.5, 0.6) is 0 Å². The maximum absolute atomic E-state index is 12.7. The van der Waals surface area contributed by atoms with E-state index in [1.807, 2.05) is 37.3 Å². The van der Waals surface area contributed by atoms with Gasteiger partial charge >= 0.3 is 0 Å². The highest BCUT2D eigenvalue weighted by molar-refractivity contribution is 6.35. The van der Waals surface area contributed by atoms with Gasteiger partial charge in [0.1, 0.15) is 11.5 Å². The average Bonchev–Trinajstić information content (AvgIpc) is 2.63. The summed E-state index contributed by atoms with van der Waals surface area (Å²) in [6.07, 6.45) is 2.95. The molecule has 5 nitrogen and oxygen atoms in total. The number of aromatic nitrogens is 2. The third-order valence-electron chi connectivity index (χ3n) is 3.64. The average molecular weight is 387 g/mol. The van der Waals surface area contributed by atoms with Crippen LogP contribution in [0, 0.1) is 0 Å². The molecule has 7 heteroatoms. The Labute approximate surface area is 161 Å². The molecule has 0 fully saturated rings. The number of hydrogen-bond acceptors (Lipinski definition) is 4. The van der Waals surface area contributed by atoms with Crippen molar-refractivity contribution in [1.29, 1.82) is 0 Å². The molecule has 1 amide bonds. The highest BCUT2D eigenvalue weighted by Gasteiger charge is 2.17. The fraction of sp³-hybridized carbons (Fsp3) is 0.105. The summed E-state index contributed by atoms with van der Waals surface area (Å²) in [7, 11) is 0. The molecule has 0 spiro atoms. The Kier molecular flexibility index (Phi) is 5.71. The summed E-state index contributed by atoms with van der Waals surface area (Å²) in [6, 6.07) is 14.5. The number of carbonyl (C=O) groups is 1. The van der Waals surface area contributed by atoms with Crippen LogP contribution in [-0.2, 0) is 0 Å². The van der Waals surface area contributed by atoms with Gasteiger partial charge in [-0.25, -0.2) is 9.97 Å². The number of anilines is 3. The Hall–Kier alpha value is -2.63. The summed E-state index contributed by atoms with van der Waals surface area (Å²) in [5.41, 5.74) is 1.78. The lowest BCUT2D eigenvalue weighted by atomic mass is 10.2. The fourth-order valence-electron chi connectivity index (χ4n) is 2.47. The Morgan fingerprint density at radius 1 is 1.04 bits per heavy atom. The fourth-order valence-corrected chi connectivity index (χ4v) is 2.99. The first-order valence-electron chi connectivity index (χ1n) is 7.99. The van der Waals surface area contributed by atoms with Gasteiger partial charge in [0.15, 0.2) is 0 Å². The Bertz CT molecular complexity index is 881. The number of carbonyl (C=O) groups excluding carboxylic acids is 1. The molecular weight excluding hydrogens is 371 g/mol. The number of rotatable bonds is 5. The molecule has 0 aliphatic heterocycles. The lowest BCUT2D eigenvalue weighted by molar-refractivity contribution is 0.0983. The monoisotopic (exact) mass is 386 g/mol. The number of benzene rings is 2. The van der Waals surface area contributed by atoms with Crippen molar-refractivity contribution in [3.63, 3.8) is 0 Å². The summed E-state index contributed by atoms with van der Waals surface area (Å²) in [6.45, 7) is 2.45. The zero-order valence-electron chi connectivity index (χ0n) is 14.0. The minimum absolute atomic E-state index is 0.205. The predicted octanol–water partition coefficient (Wildman–Crippen LogP) is 5.19. The van der Waals surface area contributed by atoms with Crippen molar-refractivity contribution in [2.75, 3.05) is 16.8 Å². The van der Waals surface area contributed by atoms with Crippen molar-refractivity contribution in [3.8, 4) is 0 Å². The van der Waals surface area contributed by atoms with E-state index in [-0.39, 0.29) is 11.6 Å². The van der Waals surface area contributed by atoms with Crippen LogP contribution >= 0.6 is 23.2 Å². The molecule has 0 aliphatic rings. The van der Waals surface area contributed by atoms with E-state index in [1.54, 1.807) is 23.1 Å². The van der Waals surface area contributed by atoms with Crippen LogP contribution in [0.1, 0.15) is 17.4 Å². The van der Waals surface area contributed by atoms with E-state index in [9.17, 15) is 4.79 Å². The second kappa shape index (κ2) is 8.17. The zero-order valence-corrected chi connectivity index (χ0v) is 15.5. The minimum atomic E-state index is -0.205. The van der Waals surface area contributed by atoms with Crippen molar-refractivity contribution in [2.24, 2.45) is 0 Å². The maximum Gasteiger partial charge on any atom is 0.278 e. The summed E-state index contributed by atoms with van der Waals surface area (Å²) in [5.74, 6) is 0.284. The highest BCUT2D eigenvalue weighted by atomic mass is 35.5. The van der Waals surface area contributed by atoms with E-state index in [4.69, 9.17) is 23.2 Å². The molecule has 2 aromatic carbocycles. The largest absolute Gasteiger partial charge is 0.339 e. The number of halogens is 2. The topological polar surface area (TPSA) is 58.1 Å². The van der Waals surface area contributed by atoms with E-state index in [0.717, 1.165) is 5.69 Å². The molecule has 0 bridgehead atoms. The summed E-state index contributed by atoms with van der Waals surface area (Å²) < 4.78 is 0. The van der Waals surface area contributed by atoms with Crippen LogP contribution in [0.15, 0.2) is 60.9 Å². The first-order chi connectivity index (χ1) is 12.6. The van der Waals surface area contributed by atoms with Crippen LogP contribution in [0.3, 0.4) is 0 Å². The van der Waals surface area contributed by atoms with Gasteiger partial charge < -0.3 is 10.2 Å². The second-order valence-corrected chi connectivity index (χ2v) is 6.33. The second-order valence-electron chi connectivity index (χ2n) is 5.45. The van der Waals surface area contributed by atoms with E-state index in [0.29, 0.717) is 28.1 Å². The molecular formula is C19H16Cl2N4O. The first kappa shape index (κ1) is 18.2. The van der Waals surface area contributed by atoms with Gasteiger partial charge in [0.2, 0.25) is 0 Å². The van der Waals surface area contributed by atoms with Crippen LogP contribution in [0.25, 0.3) is 0 Å². The normalized spacial score (nSPS) is 10.4. The molecule has 1 N–H and O–H groups in total. The summed E-state index contributed by atoms with van der Waals surface area (Å²) in [5, 5.41) is 4.09. The Balaban J connectivity index is 1.77. The van der Waals surface area contributed by atoms with Crippen LogP contribution in [-0.4, -0.2) is 22.4 Å². The van der Waals surface area contributed by atoms with Gasteiger partial charge in [-0.15, -0.1) is 0 Å². The maximum atomic E-state index is 12.7. The van der Waals surface area contributed by atoms with Crippen LogP contribution in [0.2, 0.25) is 10.0 Å². The van der Waals surface area contributed by atoms with Gasteiger partial charge in [-0.2, -0.15) is 0 Å². The third-order valence-corrected chi connectivity index (χ3v) is 4.07. The Morgan fingerprint density at radius 2 is 1.73 bits per heavy atom. The van der Waals surface area contributed by atoms with Crippen molar-refractivity contribution in [3.05, 3.63) is 76.7 Å². The van der Waals surface area contributed by atoms with E-state index in [2.05, 4.69) is 15.3 Å². The van der Waals surface area contributed by atoms with Gasteiger partial charge in [0.25, 0.3) is 5.91 Å². The Morgan fingerprint density at radius 3 is 2.31 bits per heavy atom. The predicted molar refractivity (Wildman–Crippen MR) is 106 cm³/mol. The molecule has 1 aromatic heterocycles. The summed E-state index contributed by atoms with van der Waals surface area (Å²) >= 11 is 12.0. The van der Waals surface area contributed by atoms with E-state index < -0.39 is 0 Å². The molecule has 0 aliphatic carbocycles. The molecule has 1 heterocycles. The minimum Gasteiger partial charge on any atom is -0.339 e. The molecule has 0 radical (unpaired) electrons. The zero-order chi connectivity index (χ0) is 18.5. The molecule has 0 saturated carbocycles. The van der Waals surface area contributed by atoms with Gasteiger partial charge in [-0.3, -0.25) is 4.79 Å². The summed E-state index contributed by atoms with van der Waals surface area (Å²) in [4.78, 5) is 22.8. The molecule has 3 aromatic rings. The van der Waals surface area contributed by atoms with Crippen molar-refractivity contribution >= 4 is 46.3 Å². The molecule has 3 rings (SSSR count). The van der Waals surface area contributed by atoms with Crippen molar-refractivity contribution < 1.29 is 4.79 Å². The smallest absolute Gasteiger partial charge is 0.278 e. The lowest BCUT2D eigenvalue weighted by Gasteiger charge is -2.20. The standard InChI is InChI=1S/C19H16Cl2N4O/c1-2-25(16-6-4-3-5-7-16)19(26)17-11-23-18(12-22-17)24-15-9-13(20)8-14(21)10-15/h3-12H,2H2,1H3,(H,23,24). The van der Waals surface area contributed by atoms with Crippen LogP contribution in [0.4, 0.5) is 17.2 Å². The van der Waals surface area contributed by atoms with Crippen molar-refractivity contribution in [1.82, 2.24) is 9.97 Å². The van der Waals surface area contributed by atoms with E-state index >= 15 is 0 Å². The third kappa shape index (κ3) is 4.31. The van der Waals surface area contributed by atoms with Gasteiger partial charge in [0, 0.05) is 28.0 Å². The number of nitrogens with zero attached hydrogens (tertiary/aromatic N) is 3. The lowest BCUT2D eigenvalue weighted by Crippen LogP contribution is -2.31. The molecule has 132 valence electrons. The highest BCUT2D eigenvalue weighted by Crippen LogP contribution is 2.24. The number of nitrogens with one attached hydrogen (secondary N) is 1. The molecule has 26 heavy (non-hydrogen) atoms. The number of amides is 1. The van der Waals surface area contributed by atoms with E-state index in [1.165, 1.54) is 12.4 Å².